The first kappa shape index (κ1) is 44.8. The third kappa shape index (κ3) is 12.6. The van der Waals surface area contributed by atoms with Gasteiger partial charge in [-0.05, 0) is 91.0 Å². The fourth-order valence-electron chi connectivity index (χ4n) is 5.84. The van der Waals surface area contributed by atoms with Gasteiger partial charge in [0.05, 0.1) is 36.9 Å². The molecular formula is C40H57N5O7S. The molecule has 3 aromatic rings. The molecule has 0 saturated heterocycles. The molecule has 2 aliphatic carbocycles. The van der Waals surface area contributed by atoms with Crippen molar-refractivity contribution in [3.63, 3.8) is 0 Å². The van der Waals surface area contributed by atoms with Crippen LogP contribution < -0.4 is 5.73 Å². The number of nitrogens with two attached hydrogens (primary N) is 1. The molecule has 1 aromatic heterocycles. The van der Waals surface area contributed by atoms with Gasteiger partial charge in [0.15, 0.2) is 5.82 Å². The van der Waals surface area contributed by atoms with Crippen LogP contribution in [0.15, 0.2) is 24.3 Å². The number of hydrogen-bond acceptors (Lipinski definition) is 11. The second kappa shape index (κ2) is 22.7. The number of carboxylic acid groups (broad SMARTS) is 1. The van der Waals surface area contributed by atoms with Gasteiger partial charge < -0.3 is 20.3 Å². The minimum Gasteiger partial charge on any atom is -0.481 e. The predicted octanol–water partition coefficient (Wildman–Crippen LogP) is 7.66. The molecule has 0 radical (unpaired) electrons. The number of carboxylic acids is 1. The van der Waals surface area contributed by atoms with Gasteiger partial charge in [-0.25, -0.2) is 14.6 Å². The topological polar surface area (TPSA) is 198 Å². The lowest BCUT2D eigenvalue weighted by atomic mass is 9.76. The van der Waals surface area contributed by atoms with Gasteiger partial charge in [0, 0.05) is 30.9 Å². The van der Waals surface area contributed by atoms with Crippen molar-refractivity contribution in [3.8, 4) is 11.4 Å². The summed E-state index contributed by atoms with van der Waals surface area (Å²) >= 11 is 1.42. The quantitative estimate of drug-likeness (QED) is 0.0852. The highest BCUT2D eigenvalue weighted by Gasteiger charge is 2.28. The summed E-state index contributed by atoms with van der Waals surface area (Å²) < 4.78 is 9.82. The number of nitrogens with one attached hydrogen (secondary N) is 2. The van der Waals surface area contributed by atoms with E-state index in [0.29, 0.717) is 40.3 Å². The van der Waals surface area contributed by atoms with Crippen LogP contribution in [0.3, 0.4) is 0 Å². The van der Waals surface area contributed by atoms with E-state index in [2.05, 4.69) is 34.2 Å². The van der Waals surface area contributed by atoms with Crippen molar-refractivity contribution in [1.82, 2.24) is 15.2 Å². The lowest BCUT2D eigenvalue weighted by Gasteiger charge is -2.29. The summed E-state index contributed by atoms with van der Waals surface area (Å²) in [7, 11) is 2.82. The highest BCUT2D eigenvalue weighted by Crippen LogP contribution is 2.42. The third-order valence-electron chi connectivity index (χ3n) is 9.39. The number of esters is 2. The van der Waals surface area contributed by atoms with Crippen LogP contribution in [0.4, 0.5) is 0 Å². The SMILES string of the molecule is CC(=O)O.CCC(=O)CN.CCc1cc(C2CCC2)c(C(=N)SC)cc1C(=O)OC.CCc1nc(-c2cc(C(=O)OC)c(CC)cc2C2CCC2)n[nH]1. The molecule has 0 atom stereocenters. The van der Waals surface area contributed by atoms with Gasteiger partial charge in [0.25, 0.3) is 5.97 Å². The number of aromatic nitrogens is 3. The molecule has 0 spiro atoms. The van der Waals surface area contributed by atoms with Gasteiger partial charge in [-0.15, -0.1) is 11.8 Å². The normalized spacial score (nSPS) is 13.3. The number of rotatable bonds is 11. The molecule has 5 N–H and O–H groups in total. The van der Waals surface area contributed by atoms with Crippen LogP contribution in [0.1, 0.15) is 146 Å². The monoisotopic (exact) mass is 751 g/mol. The van der Waals surface area contributed by atoms with Crippen molar-refractivity contribution in [2.24, 2.45) is 5.73 Å². The number of hydrogen-bond donors (Lipinski definition) is 4. The van der Waals surface area contributed by atoms with Gasteiger partial charge in [0.1, 0.15) is 11.6 Å². The van der Waals surface area contributed by atoms with E-state index >= 15 is 0 Å². The summed E-state index contributed by atoms with van der Waals surface area (Å²) in [6, 6.07) is 8.06. The van der Waals surface area contributed by atoms with Gasteiger partial charge >= 0.3 is 11.9 Å². The second-order valence-electron chi connectivity index (χ2n) is 12.7. The van der Waals surface area contributed by atoms with Crippen molar-refractivity contribution in [2.75, 3.05) is 27.0 Å². The number of ketones is 1. The van der Waals surface area contributed by atoms with Gasteiger partial charge in [-0.2, -0.15) is 5.10 Å². The molecule has 2 saturated carbocycles. The first-order valence-electron chi connectivity index (χ1n) is 18.3. The van der Waals surface area contributed by atoms with Crippen LogP contribution in [-0.4, -0.2) is 76.0 Å². The average Bonchev–Trinajstić information content (AvgIpc) is 3.61. The number of aliphatic carboxylic acids is 1. The van der Waals surface area contributed by atoms with Crippen LogP contribution in [0.2, 0.25) is 0 Å². The number of aromatic amines is 1. The van der Waals surface area contributed by atoms with Gasteiger partial charge in [-0.1, -0.05) is 52.7 Å². The molecule has 53 heavy (non-hydrogen) atoms. The maximum atomic E-state index is 12.1. The van der Waals surface area contributed by atoms with Crippen LogP contribution in [0.5, 0.6) is 0 Å². The Kier molecular flexibility index (Phi) is 19.1. The van der Waals surface area contributed by atoms with Crippen molar-refractivity contribution in [3.05, 3.63) is 69.0 Å². The molecular weight excluding hydrogens is 695 g/mol. The Bertz CT molecular complexity index is 1700. The van der Waals surface area contributed by atoms with Crippen molar-refractivity contribution in [1.29, 1.82) is 5.41 Å². The summed E-state index contributed by atoms with van der Waals surface area (Å²) in [5.41, 5.74) is 12.6. The summed E-state index contributed by atoms with van der Waals surface area (Å²) in [6.45, 7) is 9.22. The molecule has 12 nitrogen and oxygen atoms in total. The van der Waals surface area contributed by atoms with E-state index in [4.69, 9.17) is 30.5 Å². The zero-order chi connectivity index (χ0) is 39.7. The Morgan fingerprint density at radius 1 is 0.849 bits per heavy atom. The number of carbonyl (C=O) groups is 4. The highest BCUT2D eigenvalue weighted by molar-refractivity contribution is 8.13. The molecule has 1 heterocycles. The largest absolute Gasteiger partial charge is 0.481 e. The van der Waals surface area contributed by atoms with E-state index in [0.717, 1.165) is 54.3 Å². The maximum absolute atomic E-state index is 12.1. The van der Waals surface area contributed by atoms with E-state index in [9.17, 15) is 14.4 Å². The number of Topliss-reactive ketones (excluding diaryl/α,β-unsaturated/α-hetero) is 1. The second-order valence-corrected chi connectivity index (χ2v) is 13.6. The molecule has 0 aliphatic heterocycles. The maximum Gasteiger partial charge on any atom is 0.338 e. The van der Waals surface area contributed by atoms with E-state index in [1.807, 2.05) is 32.2 Å². The Morgan fingerprint density at radius 3 is 1.70 bits per heavy atom. The summed E-state index contributed by atoms with van der Waals surface area (Å²) in [5.74, 6) is 1.32. The highest BCUT2D eigenvalue weighted by atomic mass is 32.2. The summed E-state index contributed by atoms with van der Waals surface area (Å²) in [5, 5.41) is 23.4. The molecule has 2 aliphatic rings. The smallest absolute Gasteiger partial charge is 0.338 e. The molecule has 2 aromatic carbocycles. The van der Waals surface area contributed by atoms with Crippen molar-refractivity contribution < 1.29 is 33.8 Å². The molecule has 5 rings (SSSR count). The van der Waals surface area contributed by atoms with Gasteiger partial charge in [-0.3, -0.25) is 20.1 Å². The van der Waals surface area contributed by atoms with Gasteiger partial charge in [0.2, 0.25) is 0 Å². The van der Waals surface area contributed by atoms with Crippen LogP contribution in [0.25, 0.3) is 11.4 Å². The number of carbonyl (C=O) groups excluding carboxylic acids is 3. The molecule has 0 unspecified atom stereocenters. The first-order chi connectivity index (χ1) is 25.3. The van der Waals surface area contributed by atoms with Crippen molar-refractivity contribution >= 4 is 40.5 Å². The Labute approximate surface area is 317 Å². The van der Waals surface area contributed by atoms with Crippen molar-refractivity contribution in [2.45, 2.75) is 111 Å². The molecule has 13 heteroatoms. The van der Waals surface area contributed by atoms with E-state index in [1.165, 1.54) is 75.6 Å². The van der Waals surface area contributed by atoms with E-state index < -0.39 is 5.97 Å². The number of thioether (sulfide) groups is 1. The Morgan fingerprint density at radius 2 is 1.34 bits per heavy atom. The lowest BCUT2D eigenvalue weighted by Crippen LogP contribution is -2.16. The van der Waals surface area contributed by atoms with Crippen LogP contribution in [-0.2, 0) is 38.3 Å². The number of nitrogens with zero attached hydrogens (tertiary/aromatic N) is 2. The number of methoxy groups -OCH3 is 2. The fraction of sp³-hybridized carbons (Fsp3) is 0.525. The number of H-pyrrole nitrogens is 1. The summed E-state index contributed by atoms with van der Waals surface area (Å²) in [6.07, 6.45) is 12.2. The standard InChI is InChI=1S/C18H23N3O2.C16H21NO2S.C4H9NO.C2H4O2/c1-4-11-9-13(12-7-6-8-12)15(10-14(11)18(22)23-3)17-19-16(5-2)20-21-17;1-4-10-8-12(11-6-5-7-11)14(15(17)20-3)9-13(10)16(18)19-2;1-2-4(6)3-5;1-2(3)4/h9-10,12H,4-8H2,1-3H3,(H,19,20,21);8-9,11,17H,4-7H2,1-3H3;2-3,5H2,1H3;1H3,(H,3,4). The predicted molar refractivity (Wildman–Crippen MR) is 210 cm³/mol. The van der Waals surface area contributed by atoms with E-state index in [1.54, 1.807) is 6.92 Å². The third-order valence-corrected chi connectivity index (χ3v) is 10.0. The molecule has 0 amide bonds. The Hall–Kier alpha value is -4.36. The lowest BCUT2D eigenvalue weighted by molar-refractivity contribution is -0.134. The zero-order valence-corrected chi connectivity index (χ0v) is 33.3. The minimum absolute atomic E-state index is 0.120. The fourth-order valence-corrected chi connectivity index (χ4v) is 6.24. The van der Waals surface area contributed by atoms with Crippen LogP contribution >= 0.6 is 11.8 Å². The zero-order valence-electron chi connectivity index (χ0n) is 32.5. The van der Waals surface area contributed by atoms with Crippen LogP contribution in [0, 0.1) is 5.41 Å². The molecule has 290 valence electrons. The minimum atomic E-state index is -0.833. The van der Waals surface area contributed by atoms with E-state index in [-0.39, 0.29) is 24.3 Å². The molecule has 0 bridgehead atoms. The molecule has 2 fully saturated rings. The first-order valence-corrected chi connectivity index (χ1v) is 19.5. The number of ether oxygens (including phenoxy) is 2. The number of aryl methyl sites for hydroxylation is 3. The number of benzene rings is 2. The average molecular weight is 752 g/mol. The Balaban J connectivity index is 0.000000295. The summed E-state index contributed by atoms with van der Waals surface area (Å²) in [4.78, 5) is 47.7.